The fraction of sp³-hybridized carbons (Fsp3) is 0.333. The molecule has 0 aromatic heterocycles. The Hall–Kier alpha value is -2.73. The van der Waals surface area contributed by atoms with Crippen LogP contribution in [0.5, 0.6) is 5.75 Å². The van der Waals surface area contributed by atoms with Gasteiger partial charge in [0.25, 0.3) is 5.91 Å². The van der Waals surface area contributed by atoms with Gasteiger partial charge in [0.1, 0.15) is 5.75 Å². The minimum atomic E-state index is -0.643. The number of esters is 1. The van der Waals surface area contributed by atoms with Crippen LogP contribution in [0.25, 0.3) is 0 Å². The monoisotopic (exact) mass is 402 g/mol. The number of hydrogen-bond acceptors (Lipinski definition) is 5. The summed E-state index contributed by atoms with van der Waals surface area (Å²) in [6, 6.07) is 14.5. The van der Waals surface area contributed by atoms with Gasteiger partial charge in [-0.25, -0.2) is 4.79 Å². The number of benzene rings is 2. The molecule has 1 aliphatic heterocycles. The Morgan fingerprint density at radius 3 is 2.39 bits per heavy atom. The normalized spacial score (nSPS) is 13.7. The number of piperidine rings is 1. The SMILES string of the molecule is O=C(COC(=O)COc1ccccc1Cl)Nc1ccc(N2CCCCC2)cc1. The van der Waals surface area contributed by atoms with Crippen LogP contribution in [0, 0.1) is 0 Å². The largest absolute Gasteiger partial charge is 0.480 e. The average molecular weight is 403 g/mol. The number of ether oxygens (including phenoxy) is 2. The molecular formula is C21H23ClN2O4. The van der Waals surface area contributed by atoms with Crippen LogP contribution < -0.4 is 15.0 Å². The predicted octanol–water partition coefficient (Wildman–Crippen LogP) is 3.89. The smallest absolute Gasteiger partial charge is 0.344 e. The molecule has 0 atom stereocenters. The van der Waals surface area contributed by atoms with Crippen molar-refractivity contribution in [3.63, 3.8) is 0 Å². The number of hydrogen-bond donors (Lipinski definition) is 1. The van der Waals surface area contributed by atoms with Gasteiger partial charge in [0.15, 0.2) is 13.2 Å². The highest BCUT2D eigenvalue weighted by molar-refractivity contribution is 6.32. The van der Waals surface area contributed by atoms with E-state index in [4.69, 9.17) is 21.1 Å². The molecule has 1 amide bonds. The van der Waals surface area contributed by atoms with Crippen molar-refractivity contribution < 1.29 is 19.1 Å². The Morgan fingerprint density at radius 1 is 0.964 bits per heavy atom. The van der Waals surface area contributed by atoms with Gasteiger partial charge in [-0.3, -0.25) is 4.79 Å². The van der Waals surface area contributed by atoms with Gasteiger partial charge in [0.05, 0.1) is 5.02 Å². The van der Waals surface area contributed by atoms with Crippen molar-refractivity contribution >= 4 is 34.9 Å². The second kappa shape index (κ2) is 9.99. The van der Waals surface area contributed by atoms with E-state index in [0.29, 0.717) is 16.5 Å². The van der Waals surface area contributed by atoms with Gasteiger partial charge >= 0.3 is 5.97 Å². The van der Waals surface area contributed by atoms with Crippen LogP contribution in [0.15, 0.2) is 48.5 Å². The molecule has 2 aromatic carbocycles. The van der Waals surface area contributed by atoms with Gasteiger partial charge < -0.3 is 19.7 Å². The second-order valence-electron chi connectivity index (χ2n) is 6.52. The zero-order valence-corrected chi connectivity index (χ0v) is 16.3. The molecule has 6 nitrogen and oxygen atoms in total. The third kappa shape index (κ3) is 5.89. The van der Waals surface area contributed by atoms with E-state index in [1.807, 2.05) is 24.3 Å². The lowest BCUT2D eigenvalue weighted by Gasteiger charge is -2.28. The molecule has 7 heteroatoms. The maximum Gasteiger partial charge on any atom is 0.344 e. The molecule has 1 N–H and O–H groups in total. The zero-order chi connectivity index (χ0) is 19.8. The maximum atomic E-state index is 12.0. The third-order valence-electron chi connectivity index (χ3n) is 4.42. The Balaban J connectivity index is 1.40. The Morgan fingerprint density at radius 2 is 1.68 bits per heavy atom. The highest BCUT2D eigenvalue weighted by Crippen LogP contribution is 2.23. The lowest BCUT2D eigenvalue weighted by molar-refractivity contribution is -0.149. The first-order valence-corrected chi connectivity index (χ1v) is 9.67. The molecule has 148 valence electrons. The van der Waals surface area contributed by atoms with Crippen molar-refractivity contribution in [2.45, 2.75) is 19.3 Å². The van der Waals surface area contributed by atoms with E-state index in [9.17, 15) is 9.59 Å². The van der Waals surface area contributed by atoms with Crippen LogP contribution in [0.1, 0.15) is 19.3 Å². The standard InChI is InChI=1S/C21H23ClN2O4/c22-18-6-2-3-7-19(18)27-15-21(26)28-14-20(25)23-16-8-10-17(11-9-16)24-12-4-1-5-13-24/h2-3,6-11H,1,4-5,12-15H2,(H,23,25). The Bertz CT molecular complexity index is 804. The molecule has 0 spiro atoms. The summed E-state index contributed by atoms with van der Waals surface area (Å²) in [5, 5.41) is 3.12. The van der Waals surface area contributed by atoms with Crippen molar-refractivity contribution in [3.8, 4) is 5.75 Å². The summed E-state index contributed by atoms with van der Waals surface area (Å²) in [4.78, 5) is 26.0. The summed E-state index contributed by atoms with van der Waals surface area (Å²) >= 11 is 5.94. The van der Waals surface area contributed by atoms with Crippen LogP contribution in [-0.4, -0.2) is 38.2 Å². The number of nitrogens with one attached hydrogen (secondary N) is 1. The van der Waals surface area contributed by atoms with Crippen molar-refractivity contribution in [2.75, 3.05) is 36.5 Å². The lowest BCUT2D eigenvalue weighted by Crippen LogP contribution is -2.29. The zero-order valence-electron chi connectivity index (χ0n) is 15.5. The highest BCUT2D eigenvalue weighted by Gasteiger charge is 2.12. The van der Waals surface area contributed by atoms with Crippen molar-refractivity contribution in [1.29, 1.82) is 0 Å². The number of carbonyl (C=O) groups is 2. The number of rotatable bonds is 7. The molecular weight excluding hydrogens is 380 g/mol. The molecule has 2 aromatic rings. The van der Waals surface area contributed by atoms with Crippen LogP contribution in [0.4, 0.5) is 11.4 Å². The first-order valence-electron chi connectivity index (χ1n) is 9.29. The molecule has 0 radical (unpaired) electrons. The van der Waals surface area contributed by atoms with Crippen molar-refractivity contribution in [2.24, 2.45) is 0 Å². The lowest BCUT2D eigenvalue weighted by atomic mass is 10.1. The first kappa shape index (κ1) is 20.0. The minimum absolute atomic E-state index is 0.318. The molecule has 1 aliphatic rings. The first-order chi connectivity index (χ1) is 13.6. The van der Waals surface area contributed by atoms with Gasteiger partial charge in [0.2, 0.25) is 0 Å². The van der Waals surface area contributed by atoms with E-state index < -0.39 is 11.9 Å². The van der Waals surface area contributed by atoms with Gasteiger partial charge in [0, 0.05) is 24.5 Å². The summed E-state index contributed by atoms with van der Waals surface area (Å²) in [6.45, 7) is 1.44. The Labute approximate surface area is 169 Å². The quantitative estimate of drug-likeness (QED) is 0.711. The van der Waals surface area contributed by atoms with E-state index in [0.717, 1.165) is 18.8 Å². The number of anilines is 2. The number of halogens is 1. The van der Waals surface area contributed by atoms with Crippen LogP contribution >= 0.6 is 11.6 Å². The highest BCUT2D eigenvalue weighted by atomic mass is 35.5. The third-order valence-corrected chi connectivity index (χ3v) is 4.73. The van der Waals surface area contributed by atoms with Crippen LogP contribution in [0.2, 0.25) is 5.02 Å². The van der Waals surface area contributed by atoms with E-state index in [2.05, 4.69) is 10.2 Å². The fourth-order valence-electron chi connectivity index (χ4n) is 2.99. The van der Waals surface area contributed by atoms with E-state index in [1.165, 1.54) is 19.3 Å². The van der Waals surface area contributed by atoms with Gasteiger partial charge in [-0.15, -0.1) is 0 Å². The molecule has 0 unspecified atom stereocenters. The van der Waals surface area contributed by atoms with Gasteiger partial charge in [-0.05, 0) is 55.7 Å². The van der Waals surface area contributed by atoms with E-state index in [-0.39, 0.29) is 13.2 Å². The minimum Gasteiger partial charge on any atom is -0.480 e. The molecule has 1 saturated heterocycles. The van der Waals surface area contributed by atoms with Crippen LogP contribution in [0.3, 0.4) is 0 Å². The predicted molar refractivity (Wildman–Crippen MR) is 109 cm³/mol. The Kier molecular flexibility index (Phi) is 7.14. The maximum absolute atomic E-state index is 12.0. The fourth-order valence-corrected chi connectivity index (χ4v) is 3.18. The average Bonchev–Trinajstić information content (AvgIpc) is 2.73. The summed E-state index contributed by atoms with van der Waals surface area (Å²) in [6.07, 6.45) is 3.71. The van der Waals surface area contributed by atoms with Crippen molar-refractivity contribution in [3.05, 3.63) is 53.6 Å². The van der Waals surface area contributed by atoms with E-state index in [1.54, 1.807) is 24.3 Å². The summed E-state index contributed by atoms with van der Waals surface area (Å²) in [7, 11) is 0. The summed E-state index contributed by atoms with van der Waals surface area (Å²) in [5.74, 6) is -0.660. The molecule has 3 rings (SSSR count). The van der Waals surface area contributed by atoms with Gasteiger partial charge in [-0.1, -0.05) is 23.7 Å². The van der Waals surface area contributed by atoms with E-state index >= 15 is 0 Å². The topological polar surface area (TPSA) is 67.9 Å². The molecule has 1 heterocycles. The number of carbonyl (C=O) groups excluding carboxylic acids is 2. The van der Waals surface area contributed by atoms with Crippen molar-refractivity contribution in [1.82, 2.24) is 0 Å². The number of amides is 1. The number of nitrogens with zero attached hydrogens (tertiary/aromatic N) is 1. The molecule has 28 heavy (non-hydrogen) atoms. The van der Waals surface area contributed by atoms with Gasteiger partial charge in [-0.2, -0.15) is 0 Å². The number of para-hydroxylation sites is 1. The summed E-state index contributed by atoms with van der Waals surface area (Å²) in [5.41, 5.74) is 1.81. The molecule has 0 bridgehead atoms. The molecule has 0 saturated carbocycles. The molecule has 1 fully saturated rings. The molecule has 0 aliphatic carbocycles. The van der Waals surface area contributed by atoms with Crippen LogP contribution in [-0.2, 0) is 14.3 Å². The summed E-state index contributed by atoms with van der Waals surface area (Å²) < 4.78 is 10.2. The second-order valence-corrected chi connectivity index (χ2v) is 6.93.